The maximum atomic E-state index is 12.4. The molecular weight excluding hydrogens is 372 g/mol. The van der Waals surface area contributed by atoms with Crippen LogP contribution in [0.4, 0.5) is 0 Å². The SMILES string of the molecule is C=CC(CC(C(=O)OCC)C(=O)OCC)n1cnc2c(C3CCCC3)ncnc21. The molecule has 0 N–H and O–H groups in total. The van der Waals surface area contributed by atoms with Crippen LogP contribution in [0.15, 0.2) is 25.3 Å². The third-order valence-electron chi connectivity index (χ3n) is 5.38. The molecule has 0 amide bonds. The minimum Gasteiger partial charge on any atom is -0.465 e. The Bertz CT molecular complexity index is 855. The third-order valence-corrected chi connectivity index (χ3v) is 5.38. The molecule has 2 heterocycles. The lowest BCUT2D eigenvalue weighted by atomic mass is 9.99. The number of ether oxygens (including phenoxy) is 2. The maximum absolute atomic E-state index is 12.4. The summed E-state index contributed by atoms with van der Waals surface area (Å²) in [5.74, 6) is -1.82. The molecule has 2 aromatic heterocycles. The average molecular weight is 400 g/mol. The number of hydrogen-bond donors (Lipinski definition) is 0. The van der Waals surface area contributed by atoms with Gasteiger partial charge in [0, 0.05) is 5.92 Å². The first-order valence-electron chi connectivity index (χ1n) is 10.2. The highest BCUT2D eigenvalue weighted by atomic mass is 16.6. The van der Waals surface area contributed by atoms with E-state index < -0.39 is 17.9 Å². The number of hydrogen-bond acceptors (Lipinski definition) is 7. The van der Waals surface area contributed by atoms with E-state index in [9.17, 15) is 9.59 Å². The lowest BCUT2D eigenvalue weighted by Crippen LogP contribution is -2.30. The molecular formula is C21H28N4O4. The molecule has 1 unspecified atom stereocenters. The van der Waals surface area contributed by atoms with E-state index >= 15 is 0 Å². The topological polar surface area (TPSA) is 96.2 Å². The predicted octanol–water partition coefficient (Wildman–Crippen LogP) is 3.34. The Morgan fingerprint density at radius 1 is 1.17 bits per heavy atom. The zero-order valence-corrected chi connectivity index (χ0v) is 17.0. The normalized spacial score (nSPS) is 15.6. The van der Waals surface area contributed by atoms with E-state index in [4.69, 9.17) is 9.47 Å². The summed E-state index contributed by atoms with van der Waals surface area (Å²) in [6.45, 7) is 7.69. The van der Waals surface area contributed by atoms with Gasteiger partial charge >= 0.3 is 11.9 Å². The molecule has 0 spiro atoms. The molecule has 0 bridgehead atoms. The van der Waals surface area contributed by atoms with E-state index in [-0.39, 0.29) is 25.7 Å². The second-order valence-electron chi connectivity index (χ2n) is 7.16. The van der Waals surface area contributed by atoms with Crippen molar-refractivity contribution in [2.75, 3.05) is 13.2 Å². The fraction of sp³-hybridized carbons (Fsp3) is 0.571. The van der Waals surface area contributed by atoms with Gasteiger partial charge in [-0.25, -0.2) is 15.0 Å². The number of aromatic nitrogens is 4. The van der Waals surface area contributed by atoms with Crippen molar-refractivity contribution < 1.29 is 19.1 Å². The number of carbonyl (C=O) groups excluding carboxylic acids is 2. The van der Waals surface area contributed by atoms with Gasteiger partial charge in [-0.1, -0.05) is 18.9 Å². The molecule has 1 aliphatic rings. The van der Waals surface area contributed by atoms with Crippen molar-refractivity contribution in [3.05, 3.63) is 31.0 Å². The van der Waals surface area contributed by atoms with Crippen LogP contribution in [0.25, 0.3) is 11.2 Å². The van der Waals surface area contributed by atoms with E-state index in [2.05, 4.69) is 21.5 Å². The van der Waals surface area contributed by atoms with E-state index in [0.29, 0.717) is 11.6 Å². The standard InChI is InChI=1S/C21H28N4O4/c1-4-15(11-16(20(26)28-5-2)21(27)29-6-3)25-13-24-18-17(14-9-7-8-10-14)22-12-23-19(18)25/h4,12-16H,1,5-11H2,2-3H3. The summed E-state index contributed by atoms with van der Waals surface area (Å²) in [6, 6.07) is -0.370. The third kappa shape index (κ3) is 4.46. The summed E-state index contributed by atoms with van der Waals surface area (Å²) in [5, 5.41) is 0. The van der Waals surface area contributed by atoms with Crippen LogP contribution in [0.2, 0.25) is 0 Å². The Hall–Kier alpha value is -2.77. The monoisotopic (exact) mass is 400 g/mol. The van der Waals surface area contributed by atoms with Gasteiger partial charge in [0.1, 0.15) is 11.8 Å². The molecule has 0 radical (unpaired) electrons. The summed E-state index contributed by atoms with van der Waals surface area (Å²) >= 11 is 0. The molecule has 0 aliphatic heterocycles. The maximum Gasteiger partial charge on any atom is 0.320 e. The quantitative estimate of drug-likeness (QED) is 0.362. The van der Waals surface area contributed by atoms with Gasteiger partial charge in [-0.2, -0.15) is 0 Å². The van der Waals surface area contributed by atoms with Crippen LogP contribution >= 0.6 is 0 Å². The number of imidazole rings is 1. The Morgan fingerprint density at radius 3 is 2.41 bits per heavy atom. The average Bonchev–Trinajstić information content (AvgIpc) is 3.39. The highest BCUT2D eigenvalue weighted by molar-refractivity contribution is 5.95. The van der Waals surface area contributed by atoms with Crippen molar-refractivity contribution in [2.45, 2.75) is 57.9 Å². The molecule has 3 rings (SSSR count). The first-order chi connectivity index (χ1) is 14.1. The van der Waals surface area contributed by atoms with Crippen molar-refractivity contribution >= 4 is 23.1 Å². The summed E-state index contributed by atoms with van der Waals surface area (Å²) in [6.07, 6.45) is 9.70. The molecule has 29 heavy (non-hydrogen) atoms. The predicted molar refractivity (Wildman–Crippen MR) is 107 cm³/mol. The van der Waals surface area contributed by atoms with Gasteiger partial charge in [0.25, 0.3) is 0 Å². The van der Waals surface area contributed by atoms with Crippen LogP contribution in [0.5, 0.6) is 0 Å². The van der Waals surface area contributed by atoms with E-state index in [1.807, 2.05) is 4.57 Å². The highest BCUT2D eigenvalue weighted by Gasteiger charge is 2.33. The van der Waals surface area contributed by atoms with Crippen molar-refractivity contribution in [3.8, 4) is 0 Å². The van der Waals surface area contributed by atoms with Crippen molar-refractivity contribution in [3.63, 3.8) is 0 Å². The fourth-order valence-corrected chi connectivity index (χ4v) is 3.95. The Labute approximate surface area is 170 Å². The Balaban J connectivity index is 1.91. The number of rotatable bonds is 9. The smallest absolute Gasteiger partial charge is 0.320 e. The molecule has 0 aromatic carbocycles. The first-order valence-corrected chi connectivity index (χ1v) is 10.2. The Kier molecular flexibility index (Phi) is 6.95. The molecule has 1 saturated carbocycles. The van der Waals surface area contributed by atoms with Gasteiger partial charge in [0.15, 0.2) is 11.6 Å². The van der Waals surface area contributed by atoms with Crippen LogP contribution in [0, 0.1) is 5.92 Å². The molecule has 1 fully saturated rings. The van der Waals surface area contributed by atoms with Crippen molar-refractivity contribution in [1.82, 2.24) is 19.5 Å². The van der Waals surface area contributed by atoms with Crippen LogP contribution in [0.3, 0.4) is 0 Å². The van der Waals surface area contributed by atoms with E-state index in [1.54, 1.807) is 32.6 Å². The molecule has 8 heteroatoms. The van der Waals surface area contributed by atoms with E-state index in [0.717, 1.165) is 24.1 Å². The van der Waals surface area contributed by atoms with Crippen molar-refractivity contribution in [1.29, 1.82) is 0 Å². The summed E-state index contributed by atoms with van der Waals surface area (Å²) in [5.41, 5.74) is 2.43. The molecule has 1 atom stereocenters. The zero-order chi connectivity index (χ0) is 20.8. The minimum absolute atomic E-state index is 0.162. The fourth-order valence-electron chi connectivity index (χ4n) is 3.95. The second kappa shape index (κ2) is 9.62. The van der Waals surface area contributed by atoms with Crippen LogP contribution in [-0.4, -0.2) is 44.7 Å². The molecule has 0 saturated heterocycles. The van der Waals surface area contributed by atoms with Gasteiger partial charge in [0.05, 0.1) is 31.3 Å². The van der Waals surface area contributed by atoms with Crippen molar-refractivity contribution in [2.24, 2.45) is 5.92 Å². The summed E-state index contributed by atoms with van der Waals surface area (Å²) in [7, 11) is 0. The number of allylic oxidation sites excluding steroid dienone is 1. The summed E-state index contributed by atoms with van der Waals surface area (Å²) in [4.78, 5) is 38.2. The second-order valence-corrected chi connectivity index (χ2v) is 7.16. The van der Waals surface area contributed by atoms with Crippen LogP contribution in [-0.2, 0) is 19.1 Å². The number of esters is 2. The van der Waals surface area contributed by atoms with Crippen LogP contribution < -0.4 is 0 Å². The largest absolute Gasteiger partial charge is 0.465 e. The van der Waals surface area contributed by atoms with Gasteiger partial charge in [0.2, 0.25) is 0 Å². The van der Waals surface area contributed by atoms with E-state index in [1.165, 1.54) is 12.8 Å². The van der Waals surface area contributed by atoms with Crippen LogP contribution in [0.1, 0.15) is 63.6 Å². The van der Waals surface area contributed by atoms with Gasteiger partial charge in [-0.15, -0.1) is 6.58 Å². The molecule has 156 valence electrons. The first kappa shape index (κ1) is 21.0. The highest BCUT2D eigenvalue weighted by Crippen LogP contribution is 2.36. The van der Waals surface area contributed by atoms with Gasteiger partial charge < -0.3 is 14.0 Å². The minimum atomic E-state index is -1.04. The number of carbonyl (C=O) groups is 2. The lowest BCUT2D eigenvalue weighted by molar-refractivity contribution is -0.162. The molecule has 8 nitrogen and oxygen atoms in total. The molecule has 1 aliphatic carbocycles. The number of fused-ring (bicyclic) bond motifs is 1. The van der Waals surface area contributed by atoms with Gasteiger partial charge in [-0.3, -0.25) is 9.59 Å². The zero-order valence-electron chi connectivity index (χ0n) is 17.0. The number of nitrogens with zero attached hydrogens (tertiary/aromatic N) is 4. The molecule has 2 aromatic rings. The Morgan fingerprint density at radius 2 is 1.83 bits per heavy atom. The van der Waals surface area contributed by atoms with Gasteiger partial charge in [-0.05, 0) is 33.1 Å². The summed E-state index contributed by atoms with van der Waals surface area (Å²) < 4.78 is 12.0. The lowest BCUT2D eigenvalue weighted by Gasteiger charge is -2.20.